The Balaban J connectivity index is 1.65. The number of hydrogen-bond acceptors (Lipinski definition) is 1. The first-order chi connectivity index (χ1) is 14.4. The third kappa shape index (κ3) is 3.34. The lowest BCUT2D eigenvalue weighted by Crippen LogP contribution is -2.55. The monoisotopic (exact) mass is 426 g/mol. The van der Waals surface area contributed by atoms with Crippen LogP contribution in [0.2, 0.25) is 0 Å². The van der Waals surface area contributed by atoms with Gasteiger partial charge in [0.2, 0.25) is 0 Å². The number of aliphatic hydroxyl groups excluding tert-OH is 1. The molecule has 0 bridgehead atoms. The molecule has 31 heavy (non-hydrogen) atoms. The first-order valence-electron chi connectivity index (χ1n) is 13.4. The average Bonchev–Trinajstić information content (AvgIpc) is 2.96. The highest BCUT2D eigenvalue weighted by molar-refractivity contribution is 5.38. The van der Waals surface area contributed by atoms with Gasteiger partial charge in [0.25, 0.3) is 0 Å². The zero-order valence-corrected chi connectivity index (χ0v) is 21.9. The molecule has 2 fully saturated rings. The van der Waals surface area contributed by atoms with Crippen LogP contribution in [0, 0.1) is 39.4 Å². The van der Waals surface area contributed by atoms with Crippen molar-refractivity contribution in [1.82, 2.24) is 0 Å². The van der Waals surface area contributed by atoms with E-state index in [2.05, 4.69) is 61.5 Å². The largest absolute Gasteiger partial charge is 0.393 e. The highest BCUT2D eigenvalue weighted by Crippen LogP contribution is 2.72. The summed E-state index contributed by atoms with van der Waals surface area (Å²) in [6, 6.07) is 0. The summed E-state index contributed by atoms with van der Waals surface area (Å²) in [6.07, 6.45) is 15.2. The average molecular weight is 427 g/mol. The van der Waals surface area contributed by atoms with Gasteiger partial charge >= 0.3 is 0 Å². The normalized spacial score (nSPS) is 44.9. The van der Waals surface area contributed by atoms with Crippen LogP contribution in [0.15, 0.2) is 22.8 Å². The van der Waals surface area contributed by atoms with Gasteiger partial charge in [0, 0.05) is 0 Å². The van der Waals surface area contributed by atoms with Gasteiger partial charge in [-0.1, -0.05) is 64.3 Å². The van der Waals surface area contributed by atoms with E-state index >= 15 is 0 Å². The summed E-state index contributed by atoms with van der Waals surface area (Å²) in [5.74, 6) is 2.32. The van der Waals surface area contributed by atoms with Gasteiger partial charge in [-0.3, -0.25) is 0 Å². The molecule has 1 N–H and O–H groups in total. The molecule has 0 spiro atoms. The Hall–Kier alpha value is -0.560. The van der Waals surface area contributed by atoms with Gasteiger partial charge in [-0.25, -0.2) is 0 Å². The van der Waals surface area contributed by atoms with E-state index in [4.69, 9.17) is 0 Å². The van der Waals surface area contributed by atoms with Crippen LogP contribution in [-0.2, 0) is 0 Å². The summed E-state index contributed by atoms with van der Waals surface area (Å²) >= 11 is 0. The molecule has 4 aliphatic carbocycles. The molecular weight excluding hydrogens is 376 g/mol. The lowest BCUT2D eigenvalue weighted by molar-refractivity contribution is -0.0962. The van der Waals surface area contributed by atoms with E-state index in [-0.39, 0.29) is 11.5 Å². The van der Waals surface area contributed by atoms with Crippen LogP contribution in [0.25, 0.3) is 0 Å². The smallest absolute Gasteiger partial charge is 0.0594 e. The number of hydrogen-bond donors (Lipinski definition) is 1. The van der Waals surface area contributed by atoms with Crippen LogP contribution in [0.5, 0.6) is 0 Å². The molecular formula is C30H50O. The van der Waals surface area contributed by atoms with E-state index in [1.165, 1.54) is 63.4 Å². The molecule has 0 amide bonds. The predicted octanol–water partition coefficient (Wildman–Crippen LogP) is 8.48. The third-order valence-electron chi connectivity index (χ3n) is 11.7. The van der Waals surface area contributed by atoms with Crippen LogP contribution >= 0.6 is 0 Å². The van der Waals surface area contributed by atoms with Crippen molar-refractivity contribution in [1.29, 1.82) is 0 Å². The highest BCUT2D eigenvalue weighted by Gasteiger charge is 2.63. The van der Waals surface area contributed by atoms with Crippen molar-refractivity contribution in [3.8, 4) is 0 Å². The lowest BCUT2D eigenvalue weighted by atomic mass is 9.43. The molecule has 4 rings (SSSR count). The SMILES string of the molecule is CC(C)=CCC[C@H](C)[C@H]1CC[C@]2(C)C3=C(CC[C@@]12C)[C@@]1(C)CC[C@H](O)C(C)(C)[C@@H]1CC3. The molecule has 0 unspecified atom stereocenters. The van der Waals surface area contributed by atoms with E-state index in [1.54, 1.807) is 0 Å². The minimum atomic E-state index is -0.130. The second kappa shape index (κ2) is 7.75. The summed E-state index contributed by atoms with van der Waals surface area (Å²) in [5, 5.41) is 10.8. The second-order valence-electron chi connectivity index (χ2n) is 13.6. The quantitative estimate of drug-likeness (QED) is 0.447. The van der Waals surface area contributed by atoms with E-state index < -0.39 is 0 Å². The van der Waals surface area contributed by atoms with Crippen molar-refractivity contribution < 1.29 is 5.11 Å². The fourth-order valence-electron chi connectivity index (χ4n) is 9.47. The maximum atomic E-state index is 10.8. The molecule has 2 saturated carbocycles. The standard InChI is InChI=1S/C30H50O/c1-20(2)10-9-11-21(3)22-14-18-30(8)24-12-13-25-27(4,5)26(31)16-17-28(25,6)23(24)15-19-29(22,30)7/h10,21-22,25-26,31H,9,11-19H2,1-8H3/t21-,22+,25-,26-,28+,29-,30+/m0/s1. The zero-order chi connectivity index (χ0) is 22.8. The van der Waals surface area contributed by atoms with E-state index in [1.807, 2.05) is 11.1 Å². The van der Waals surface area contributed by atoms with Gasteiger partial charge in [-0.2, -0.15) is 0 Å². The van der Waals surface area contributed by atoms with Crippen molar-refractivity contribution in [3.05, 3.63) is 22.8 Å². The van der Waals surface area contributed by atoms with Gasteiger partial charge in [-0.05, 0) is 117 Å². The van der Waals surface area contributed by atoms with Crippen LogP contribution in [0.4, 0.5) is 0 Å². The Morgan fingerprint density at radius 1 is 0.968 bits per heavy atom. The molecule has 0 radical (unpaired) electrons. The van der Waals surface area contributed by atoms with Crippen LogP contribution < -0.4 is 0 Å². The molecule has 7 atom stereocenters. The van der Waals surface area contributed by atoms with Gasteiger partial charge in [0.05, 0.1) is 6.10 Å². The molecule has 1 heteroatoms. The highest BCUT2D eigenvalue weighted by atomic mass is 16.3. The Morgan fingerprint density at radius 3 is 2.35 bits per heavy atom. The summed E-state index contributed by atoms with van der Waals surface area (Å²) in [6.45, 7) is 19.6. The second-order valence-corrected chi connectivity index (χ2v) is 13.6. The van der Waals surface area contributed by atoms with Crippen molar-refractivity contribution >= 4 is 0 Å². The molecule has 176 valence electrons. The van der Waals surface area contributed by atoms with Gasteiger partial charge in [0.15, 0.2) is 0 Å². The molecule has 0 aromatic rings. The predicted molar refractivity (Wildman–Crippen MR) is 133 cm³/mol. The molecule has 0 aliphatic heterocycles. The summed E-state index contributed by atoms with van der Waals surface area (Å²) in [5.41, 5.74) is 6.41. The van der Waals surface area contributed by atoms with Gasteiger partial charge in [0.1, 0.15) is 0 Å². The summed E-state index contributed by atoms with van der Waals surface area (Å²) in [4.78, 5) is 0. The topological polar surface area (TPSA) is 20.2 Å². The molecule has 0 aromatic heterocycles. The Bertz CT molecular complexity index is 767. The van der Waals surface area contributed by atoms with E-state index in [9.17, 15) is 5.11 Å². The summed E-state index contributed by atoms with van der Waals surface area (Å²) < 4.78 is 0. The molecule has 4 aliphatic rings. The fraction of sp³-hybridized carbons (Fsp3) is 0.867. The third-order valence-corrected chi connectivity index (χ3v) is 11.7. The van der Waals surface area contributed by atoms with Gasteiger partial charge < -0.3 is 5.11 Å². The van der Waals surface area contributed by atoms with Crippen LogP contribution in [0.3, 0.4) is 0 Å². The number of aliphatic hydroxyl groups is 1. The van der Waals surface area contributed by atoms with Crippen molar-refractivity contribution in [3.63, 3.8) is 0 Å². The molecule has 0 saturated heterocycles. The molecule has 0 heterocycles. The van der Waals surface area contributed by atoms with Crippen molar-refractivity contribution in [2.45, 2.75) is 126 Å². The maximum absolute atomic E-state index is 10.8. The van der Waals surface area contributed by atoms with Crippen LogP contribution in [-0.4, -0.2) is 11.2 Å². The Labute approximate surface area is 193 Å². The fourth-order valence-corrected chi connectivity index (χ4v) is 9.47. The number of rotatable bonds is 4. The minimum Gasteiger partial charge on any atom is -0.393 e. The Morgan fingerprint density at radius 2 is 1.68 bits per heavy atom. The minimum absolute atomic E-state index is 0.0465. The molecule has 0 aromatic carbocycles. The first-order valence-corrected chi connectivity index (χ1v) is 13.4. The molecule has 1 nitrogen and oxygen atoms in total. The summed E-state index contributed by atoms with van der Waals surface area (Å²) in [7, 11) is 0. The van der Waals surface area contributed by atoms with Crippen molar-refractivity contribution in [2.24, 2.45) is 39.4 Å². The van der Waals surface area contributed by atoms with Crippen LogP contribution in [0.1, 0.15) is 120 Å². The Kier molecular flexibility index (Phi) is 5.90. The zero-order valence-electron chi connectivity index (χ0n) is 21.9. The maximum Gasteiger partial charge on any atom is 0.0594 e. The number of fused-ring (bicyclic) bond motifs is 4. The lowest BCUT2D eigenvalue weighted by Gasteiger charge is -2.62. The van der Waals surface area contributed by atoms with Crippen molar-refractivity contribution in [2.75, 3.05) is 0 Å². The van der Waals surface area contributed by atoms with E-state index in [0.717, 1.165) is 18.3 Å². The van der Waals surface area contributed by atoms with Gasteiger partial charge in [-0.15, -0.1) is 0 Å². The number of allylic oxidation sites excluding steroid dienone is 4. The first kappa shape index (κ1) is 23.6. The van der Waals surface area contributed by atoms with E-state index in [0.29, 0.717) is 22.2 Å².